The zero-order chi connectivity index (χ0) is 37.1. The third-order valence-electron chi connectivity index (χ3n) is 14.3. The molecule has 0 aliphatic heterocycles. The maximum Gasteiger partial charge on any atom is 0.338 e. The molecule has 6 aliphatic carbocycles. The molecule has 0 saturated heterocycles. The van der Waals surface area contributed by atoms with E-state index >= 15 is 0 Å². The molecule has 9 rings (SSSR count). The number of fused-ring (bicyclic) bond motifs is 10. The van der Waals surface area contributed by atoms with Gasteiger partial charge < -0.3 is 19.3 Å². The number of methoxy groups -OCH3 is 2. The fourth-order valence-corrected chi connectivity index (χ4v) is 11.3. The molecule has 3 aromatic carbocycles. The molecule has 0 bridgehead atoms. The van der Waals surface area contributed by atoms with E-state index in [1.807, 2.05) is 6.08 Å². The number of nitrogens with zero attached hydrogens (tertiary/aromatic N) is 1. The molecule has 2 fully saturated rings. The van der Waals surface area contributed by atoms with E-state index in [9.17, 15) is 20.0 Å². The Morgan fingerprint density at radius 1 is 0.736 bits per heavy atom. The van der Waals surface area contributed by atoms with E-state index in [1.54, 1.807) is 14.2 Å². The molecule has 0 heterocycles. The van der Waals surface area contributed by atoms with Crippen molar-refractivity contribution in [3.8, 4) is 11.5 Å². The van der Waals surface area contributed by atoms with Gasteiger partial charge >= 0.3 is 5.97 Å². The minimum absolute atomic E-state index is 0.0390. The van der Waals surface area contributed by atoms with Gasteiger partial charge in [0.05, 0.1) is 30.8 Å². The van der Waals surface area contributed by atoms with Gasteiger partial charge in [-0.05, 0) is 152 Å². The summed E-state index contributed by atoms with van der Waals surface area (Å²) < 4.78 is 16.7. The predicted molar refractivity (Wildman–Crippen MR) is 203 cm³/mol. The highest BCUT2D eigenvalue weighted by molar-refractivity contribution is 5.90. The smallest absolute Gasteiger partial charge is 0.338 e. The van der Waals surface area contributed by atoms with Gasteiger partial charge in [-0.25, -0.2) is 4.79 Å². The van der Waals surface area contributed by atoms with Crippen LogP contribution < -0.4 is 9.47 Å². The van der Waals surface area contributed by atoms with E-state index in [0.717, 1.165) is 50.0 Å². The Kier molecular flexibility index (Phi) is 9.24. The second-order valence-corrected chi connectivity index (χ2v) is 16.7. The zero-order valence-electron chi connectivity index (χ0n) is 31.2. The molecule has 8 nitrogen and oxygen atoms in total. The van der Waals surface area contributed by atoms with Crippen molar-refractivity contribution in [3.05, 3.63) is 123 Å². The van der Waals surface area contributed by atoms with Gasteiger partial charge in [0.1, 0.15) is 17.6 Å². The predicted octanol–water partition coefficient (Wildman–Crippen LogP) is 9.15. The Hall–Kier alpha value is -4.43. The van der Waals surface area contributed by atoms with Crippen molar-refractivity contribution in [2.45, 2.75) is 89.3 Å². The van der Waals surface area contributed by atoms with E-state index in [0.29, 0.717) is 41.1 Å². The Balaban J connectivity index is 0.000000164. The summed E-state index contributed by atoms with van der Waals surface area (Å²) in [6.07, 6.45) is 17.1. The molecule has 8 heteroatoms. The summed E-state index contributed by atoms with van der Waals surface area (Å²) in [7, 11) is 3.45. The number of aliphatic hydroxyl groups excluding tert-OH is 1. The maximum absolute atomic E-state index is 12.8. The Labute approximate surface area is 312 Å². The second kappa shape index (κ2) is 13.8. The lowest BCUT2D eigenvalue weighted by Gasteiger charge is -2.50. The number of aryl methyl sites for hydroxylation is 2. The van der Waals surface area contributed by atoms with Crippen molar-refractivity contribution in [3.63, 3.8) is 0 Å². The third-order valence-corrected chi connectivity index (χ3v) is 14.3. The number of carbonyl (C=O) groups excluding carboxylic acids is 1. The van der Waals surface area contributed by atoms with Crippen molar-refractivity contribution in [2.75, 3.05) is 14.2 Å². The molecule has 2 saturated carbocycles. The van der Waals surface area contributed by atoms with Crippen LogP contribution in [0.4, 0.5) is 5.69 Å². The number of hydrogen-bond donors (Lipinski definition) is 1. The normalized spacial score (nSPS) is 34.1. The van der Waals surface area contributed by atoms with E-state index in [2.05, 4.69) is 68.5 Å². The van der Waals surface area contributed by atoms with Crippen LogP contribution in [0.2, 0.25) is 0 Å². The molecule has 278 valence electrons. The van der Waals surface area contributed by atoms with Gasteiger partial charge in [0, 0.05) is 23.0 Å². The SMILES string of the molecule is COc1ccc2c(c1)CCC1C2CC[C@]2(C)C(O)C=CC12.COc1ccc2c(c1)CCC1C2CC[C@]2(C)C(OC(=O)c3ccc([N+](=O)[O-])cc3)C=CC12. The van der Waals surface area contributed by atoms with Crippen molar-refractivity contribution < 1.29 is 29.0 Å². The number of non-ortho nitro benzene ring substituents is 1. The van der Waals surface area contributed by atoms with Crippen LogP contribution in [0.5, 0.6) is 11.5 Å². The largest absolute Gasteiger partial charge is 0.497 e. The first-order valence-corrected chi connectivity index (χ1v) is 19.4. The molecule has 0 spiro atoms. The van der Waals surface area contributed by atoms with Gasteiger partial charge in [0.2, 0.25) is 0 Å². The molecule has 0 amide bonds. The summed E-state index contributed by atoms with van der Waals surface area (Å²) in [5.41, 5.74) is 6.10. The highest BCUT2D eigenvalue weighted by Crippen LogP contribution is 2.60. The van der Waals surface area contributed by atoms with Gasteiger partial charge in [-0.2, -0.15) is 0 Å². The molecule has 53 heavy (non-hydrogen) atoms. The zero-order valence-corrected chi connectivity index (χ0v) is 31.2. The van der Waals surface area contributed by atoms with E-state index in [-0.39, 0.29) is 28.7 Å². The van der Waals surface area contributed by atoms with Crippen LogP contribution in [0.3, 0.4) is 0 Å². The minimum atomic E-state index is -0.475. The van der Waals surface area contributed by atoms with Crippen molar-refractivity contribution in [1.29, 1.82) is 0 Å². The number of allylic oxidation sites excluding steroid dienone is 2. The maximum atomic E-state index is 12.8. The second-order valence-electron chi connectivity index (χ2n) is 16.7. The number of ether oxygens (including phenoxy) is 3. The van der Waals surface area contributed by atoms with Crippen LogP contribution in [0, 0.1) is 44.6 Å². The number of rotatable bonds is 5. The first kappa shape index (κ1) is 35.6. The molecule has 10 atom stereocenters. The molecule has 0 aromatic heterocycles. The molecule has 6 aliphatic rings. The molecule has 8 unspecified atom stereocenters. The third kappa shape index (κ3) is 6.07. The average Bonchev–Trinajstić information content (AvgIpc) is 3.68. The summed E-state index contributed by atoms with van der Waals surface area (Å²) in [4.78, 5) is 23.2. The standard InChI is InChI=1S/C26H27NO5.C19H24O2/c1-26-14-13-21-20-10-8-19(31-2)15-17(20)5-9-22(21)23(26)11-12-24(26)32-25(28)16-3-6-18(7-4-16)27(29)30;1-19-10-9-15-14-6-4-13(21-2)11-12(14)3-5-16(15)17(19)7-8-18(19)20/h3-4,6-8,10-12,15,21-24H,5,9,13-14H2,1-2H3;4,6-8,11,15-18,20H,3,5,9-10H2,1-2H3/t21?,22?,23?,24?,26-;15?,16?,17?,18?,19-/m00/s1. The molecule has 1 N–H and O–H groups in total. The monoisotopic (exact) mass is 717 g/mol. The van der Waals surface area contributed by atoms with Gasteiger partial charge in [-0.3, -0.25) is 10.1 Å². The van der Waals surface area contributed by atoms with Crippen LogP contribution in [0.15, 0.2) is 85.0 Å². The topological polar surface area (TPSA) is 108 Å². The van der Waals surface area contributed by atoms with Gasteiger partial charge in [-0.15, -0.1) is 0 Å². The summed E-state index contributed by atoms with van der Waals surface area (Å²) in [6, 6.07) is 18.7. The van der Waals surface area contributed by atoms with Crippen LogP contribution >= 0.6 is 0 Å². The first-order chi connectivity index (χ1) is 25.5. The number of nitro benzene ring substituents is 1. The summed E-state index contributed by atoms with van der Waals surface area (Å²) in [5.74, 6) is 4.79. The van der Waals surface area contributed by atoms with Crippen molar-refractivity contribution in [1.82, 2.24) is 0 Å². The van der Waals surface area contributed by atoms with Gasteiger partial charge in [0.25, 0.3) is 5.69 Å². The molecular formula is C45H51NO7. The van der Waals surface area contributed by atoms with E-state index in [4.69, 9.17) is 14.2 Å². The summed E-state index contributed by atoms with van der Waals surface area (Å²) in [6.45, 7) is 4.52. The number of esters is 1. The number of nitro groups is 1. The Bertz CT molecular complexity index is 1950. The quantitative estimate of drug-likeness (QED) is 0.121. The Morgan fingerprint density at radius 2 is 1.26 bits per heavy atom. The van der Waals surface area contributed by atoms with Gasteiger partial charge in [-0.1, -0.05) is 44.2 Å². The molecular weight excluding hydrogens is 666 g/mol. The van der Waals surface area contributed by atoms with Crippen LogP contribution in [-0.2, 0) is 17.6 Å². The Morgan fingerprint density at radius 3 is 1.81 bits per heavy atom. The first-order valence-electron chi connectivity index (χ1n) is 19.4. The van der Waals surface area contributed by atoms with Crippen LogP contribution in [0.1, 0.15) is 96.8 Å². The van der Waals surface area contributed by atoms with Crippen molar-refractivity contribution >= 4 is 11.7 Å². The van der Waals surface area contributed by atoms with Crippen LogP contribution in [-0.4, -0.2) is 42.4 Å². The summed E-state index contributed by atoms with van der Waals surface area (Å²) >= 11 is 0. The number of hydrogen-bond acceptors (Lipinski definition) is 7. The molecule has 3 aromatic rings. The number of benzene rings is 3. The lowest BCUT2D eigenvalue weighted by atomic mass is 9.55. The van der Waals surface area contributed by atoms with Crippen molar-refractivity contribution in [2.24, 2.45) is 34.5 Å². The lowest BCUT2D eigenvalue weighted by molar-refractivity contribution is -0.384. The van der Waals surface area contributed by atoms with E-state index in [1.165, 1.54) is 59.4 Å². The fraction of sp³-hybridized carbons (Fsp3) is 0.489. The highest BCUT2D eigenvalue weighted by atomic mass is 16.6. The molecule has 0 radical (unpaired) electrons. The highest BCUT2D eigenvalue weighted by Gasteiger charge is 2.54. The summed E-state index contributed by atoms with van der Waals surface area (Å²) in [5, 5.41) is 21.2. The average molecular weight is 718 g/mol. The fourth-order valence-electron chi connectivity index (χ4n) is 11.3. The van der Waals surface area contributed by atoms with Crippen LogP contribution in [0.25, 0.3) is 0 Å². The van der Waals surface area contributed by atoms with Gasteiger partial charge in [0.15, 0.2) is 0 Å². The van der Waals surface area contributed by atoms with E-state index < -0.39 is 10.9 Å². The lowest BCUT2D eigenvalue weighted by Crippen LogP contribution is -2.45. The minimum Gasteiger partial charge on any atom is -0.497 e. The number of aliphatic hydroxyl groups is 1. The number of carbonyl (C=O) groups is 1.